The highest BCUT2D eigenvalue weighted by Crippen LogP contribution is 2.29. The molecule has 26 heavy (non-hydrogen) atoms. The zero-order valence-electron chi connectivity index (χ0n) is 14.7. The van der Waals surface area contributed by atoms with Crippen LogP contribution in [0.3, 0.4) is 0 Å². The van der Waals surface area contributed by atoms with Gasteiger partial charge in [-0.3, -0.25) is 4.79 Å². The molecule has 0 radical (unpaired) electrons. The van der Waals surface area contributed by atoms with Gasteiger partial charge in [-0.1, -0.05) is 11.3 Å². The van der Waals surface area contributed by atoms with Gasteiger partial charge < -0.3 is 14.8 Å². The third-order valence-corrected chi connectivity index (χ3v) is 5.52. The molecule has 0 unspecified atom stereocenters. The summed E-state index contributed by atoms with van der Waals surface area (Å²) in [5.41, 5.74) is 0.862. The molecule has 7 heteroatoms. The normalized spacial score (nSPS) is 10.7. The lowest BCUT2D eigenvalue weighted by molar-refractivity contribution is -0.115. The lowest BCUT2D eigenvalue weighted by atomic mass is 10.3. The Morgan fingerprint density at radius 2 is 1.96 bits per heavy atom. The highest BCUT2D eigenvalue weighted by molar-refractivity contribution is 7.99. The minimum absolute atomic E-state index is 0.0323. The van der Waals surface area contributed by atoms with Crippen LogP contribution >= 0.6 is 23.1 Å². The molecule has 5 nitrogen and oxygen atoms in total. The molecule has 1 heterocycles. The number of rotatable bonds is 8. The SMILES string of the molecule is CCOc1ccc2nc(NC(=O)CCSc3ccc(OC)cc3)sc2c1. The fraction of sp³-hybridized carbons (Fsp3) is 0.263. The number of fused-ring (bicyclic) bond motifs is 1. The summed E-state index contributed by atoms with van der Waals surface area (Å²) < 4.78 is 11.6. The summed E-state index contributed by atoms with van der Waals surface area (Å²) >= 11 is 3.10. The van der Waals surface area contributed by atoms with Gasteiger partial charge in [0.05, 0.1) is 23.9 Å². The van der Waals surface area contributed by atoms with Crippen molar-refractivity contribution in [3.05, 3.63) is 42.5 Å². The van der Waals surface area contributed by atoms with Crippen molar-refractivity contribution in [2.45, 2.75) is 18.2 Å². The van der Waals surface area contributed by atoms with Crippen molar-refractivity contribution in [3.8, 4) is 11.5 Å². The summed E-state index contributed by atoms with van der Waals surface area (Å²) in [6.07, 6.45) is 0.427. The van der Waals surface area contributed by atoms with E-state index in [4.69, 9.17) is 9.47 Å². The number of benzene rings is 2. The standard InChI is InChI=1S/C19H20N2O3S2/c1-3-24-14-6-9-16-17(12-14)26-19(20-16)21-18(22)10-11-25-15-7-4-13(23-2)5-8-15/h4-9,12H,3,10-11H2,1-2H3,(H,20,21,22). The van der Waals surface area contributed by atoms with Gasteiger partial charge in [0.25, 0.3) is 0 Å². The van der Waals surface area contributed by atoms with Crippen LogP contribution in [0.4, 0.5) is 5.13 Å². The van der Waals surface area contributed by atoms with Crippen LogP contribution in [-0.4, -0.2) is 30.4 Å². The second-order valence-corrected chi connectivity index (χ2v) is 7.60. The van der Waals surface area contributed by atoms with E-state index >= 15 is 0 Å². The number of thiazole rings is 1. The van der Waals surface area contributed by atoms with E-state index in [9.17, 15) is 4.79 Å². The second-order valence-electron chi connectivity index (χ2n) is 5.40. The van der Waals surface area contributed by atoms with Crippen molar-refractivity contribution in [3.63, 3.8) is 0 Å². The second kappa shape index (κ2) is 8.91. The van der Waals surface area contributed by atoms with Gasteiger partial charge in [-0.05, 0) is 49.4 Å². The Morgan fingerprint density at radius 1 is 1.19 bits per heavy atom. The first-order valence-corrected chi connectivity index (χ1v) is 10.1. The fourth-order valence-corrected chi connectivity index (χ4v) is 4.09. The van der Waals surface area contributed by atoms with Crippen molar-refractivity contribution in [1.82, 2.24) is 4.98 Å². The largest absolute Gasteiger partial charge is 0.497 e. The Labute approximate surface area is 160 Å². The molecule has 136 valence electrons. The van der Waals surface area contributed by atoms with Crippen LogP contribution in [0.2, 0.25) is 0 Å². The van der Waals surface area contributed by atoms with Gasteiger partial charge in [0.2, 0.25) is 5.91 Å². The molecule has 0 atom stereocenters. The van der Waals surface area contributed by atoms with E-state index in [0.29, 0.717) is 23.9 Å². The highest BCUT2D eigenvalue weighted by Gasteiger charge is 2.09. The molecule has 1 N–H and O–H groups in total. The molecule has 0 aliphatic heterocycles. The molecule has 0 saturated heterocycles. The minimum Gasteiger partial charge on any atom is -0.497 e. The number of nitrogens with one attached hydrogen (secondary N) is 1. The van der Waals surface area contributed by atoms with Gasteiger partial charge in [0.1, 0.15) is 11.5 Å². The first kappa shape index (κ1) is 18.5. The number of methoxy groups -OCH3 is 1. The molecule has 2 aromatic carbocycles. The van der Waals surface area contributed by atoms with Crippen molar-refractivity contribution in [2.75, 3.05) is 24.8 Å². The molecule has 0 bridgehead atoms. The van der Waals surface area contributed by atoms with Crippen LogP contribution in [0.5, 0.6) is 11.5 Å². The molecule has 0 aliphatic carbocycles. The number of amides is 1. The molecule has 3 rings (SSSR count). The maximum Gasteiger partial charge on any atom is 0.226 e. The van der Waals surface area contributed by atoms with Crippen LogP contribution < -0.4 is 14.8 Å². The van der Waals surface area contributed by atoms with Gasteiger partial charge >= 0.3 is 0 Å². The molecule has 0 aliphatic rings. The van der Waals surface area contributed by atoms with E-state index < -0.39 is 0 Å². The number of aromatic nitrogens is 1. The number of carbonyl (C=O) groups excluding carboxylic acids is 1. The number of thioether (sulfide) groups is 1. The Kier molecular flexibility index (Phi) is 6.35. The monoisotopic (exact) mass is 388 g/mol. The van der Waals surface area contributed by atoms with Crippen LogP contribution in [0, 0.1) is 0 Å². The number of hydrogen-bond donors (Lipinski definition) is 1. The van der Waals surface area contributed by atoms with E-state index in [1.54, 1.807) is 18.9 Å². The van der Waals surface area contributed by atoms with Gasteiger partial charge in [-0.25, -0.2) is 4.98 Å². The number of carbonyl (C=O) groups is 1. The van der Waals surface area contributed by atoms with E-state index in [2.05, 4.69) is 10.3 Å². The quantitative estimate of drug-likeness (QED) is 0.560. The molecule has 0 saturated carbocycles. The van der Waals surface area contributed by atoms with Crippen molar-refractivity contribution >= 4 is 44.4 Å². The third kappa shape index (κ3) is 4.89. The Balaban J connectivity index is 1.51. The Bertz CT molecular complexity index is 878. The molecule has 1 amide bonds. The summed E-state index contributed by atoms with van der Waals surface area (Å²) in [5, 5.41) is 3.50. The van der Waals surface area contributed by atoms with Crippen molar-refractivity contribution < 1.29 is 14.3 Å². The molecular weight excluding hydrogens is 368 g/mol. The molecule has 1 aromatic heterocycles. The number of anilines is 1. The van der Waals surface area contributed by atoms with E-state index in [0.717, 1.165) is 26.6 Å². The van der Waals surface area contributed by atoms with Crippen LogP contribution in [0.15, 0.2) is 47.4 Å². The Hall–Kier alpha value is -2.25. The van der Waals surface area contributed by atoms with Gasteiger partial charge in [-0.15, -0.1) is 11.8 Å². The average Bonchev–Trinajstić information content (AvgIpc) is 3.04. The Morgan fingerprint density at radius 3 is 2.69 bits per heavy atom. The fourth-order valence-electron chi connectivity index (χ4n) is 2.33. The summed E-state index contributed by atoms with van der Waals surface area (Å²) in [7, 11) is 1.65. The summed E-state index contributed by atoms with van der Waals surface area (Å²) in [6.45, 7) is 2.58. The van der Waals surface area contributed by atoms with Crippen LogP contribution in [-0.2, 0) is 4.79 Å². The third-order valence-electron chi connectivity index (χ3n) is 3.57. The summed E-state index contributed by atoms with van der Waals surface area (Å²) in [6, 6.07) is 13.6. The smallest absolute Gasteiger partial charge is 0.226 e. The molecule has 0 fully saturated rings. The average molecular weight is 389 g/mol. The zero-order chi connectivity index (χ0) is 18.4. The number of hydrogen-bond acceptors (Lipinski definition) is 6. The lowest BCUT2D eigenvalue weighted by Gasteiger charge is -2.03. The first-order chi connectivity index (χ1) is 12.7. The maximum atomic E-state index is 12.1. The number of nitrogens with zero attached hydrogens (tertiary/aromatic N) is 1. The molecular formula is C19H20N2O3S2. The first-order valence-electron chi connectivity index (χ1n) is 8.28. The predicted octanol–water partition coefficient (Wildman–Crippen LogP) is 4.82. The van der Waals surface area contributed by atoms with Crippen molar-refractivity contribution in [1.29, 1.82) is 0 Å². The summed E-state index contributed by atoms with van der Waals surface area (Å²) in [4.78, 5) is 17.7. The highest BCUT2D eigenvalue weighted by atomic mass is 32.2. The van der Waals surface area contributed by atoms with Gasteiger partial charge in [0.15, 0.2) is 5.13 Å². The number of ether oxygens (including phenoxy) is 2. The molecule has 3 aromatic rings. The summed E-state index contributed by atoms with van der Waals surface area (Å²) in [5.74, 6) is 2.32. The zero-order valence-corrected chi connectivity index (χ0v) is 16.3. The van der Waals surface area contributed by atoms with E-state index in [1.807, 2.05) is 49.4 Å². The topological polar surface area (TPSA) is 60.5 Å². The van der Waals surface area contributed by atoms with E-state index in [1.165, 1.54) is 11.3 Å². The van der Waals surface area contributed by atoms with Crippen LogP contribution in [0.1, 0.15) is 13.3 Å². The minimum atomic E-state index is -0.0323. The van der Waals surface area contributed by atoms with Gasteiger partial charge in [0, 0.05) is 17.1 Å². The van der Waals surface area contributed by atoms with Crippen LogP contribution in [0.25, 0.3) is 10.2 Å². The maximum absolute atomic E-state index is 12.1. The van der Waals surface area contributed by atoms with Gasteiger partial charge in [-0.2, -0.15) is 0 Å². The predicted molar refractivity (Wildman–Crippen MR) is 108 cm³/mol. The lowest BCUT2D eigenvalue weighted by Crippen LogP contribution is -2.11. The van der Waals surface area contributed by atoms with Crippen molar-refractivity contribution in [2.24, 2.45) is 0 Å². The van der Waals surface area contributed by atoms with E-state index in [-0.39, 0.29) is 5.91 Å². The molecule has 0 spiro atoms.